The first-order valence-electron chi connectivity index (χ1n) is 12.6. The van der Waals surface area contributed by atoms with Crippen molar-refractivity contribution in [3.05, 3.63) is 48.6 Å². The van der Waals surface area contributed by atoms with E-state index in [1.807, 2.05) is 36.5 Å². The molecule has 0 saturated heterocycles. The number of hydrogen-bond acceptors (Lipinski definition) is 6. The first kappa shape index (κ1) is 32.2. The minimum atomic E-state index is -0.540. The number of hydrogen-bond donors (Lipinski definition) is 1. The van der Waals surface area contributed by atoms with Crippen molar-refractivity contribution in [2.24, 2.45) is 0 Å². The van der Waals surface area contributed by atoms with Crippen LogP contribution in [-0.2, 0) is 19.1 Å². The van der Waals surface area contributed by atoms with Crippen LogP contribution in [0.15, 0.2) is 48.6 Å². The fraction of sp³-hybridized carbons (Fsp3) is 0.643. The fourth-order valence-corrected chi connectivity index (χ4v) is 4.29. The van der Waals surface area contributed by atoms with Crippen LogP contribution >= 0.6 is 11.8 Å². The highest BCUT2D eigenvalue weighted by atomic mass is 32.2. The summed E-state index contributed by atoms with van der Waals surface area (Å²) in [6.45, 7) is 2.24. The predicted octanol–water partition coefficient (Wildman–Crippen LogP) is 6.72. The number of carbonyl (C=O) groups is 2. The van der Waals surface area contributed by atoms with Crippen LogP contribution in [0.5, 0.6) is 0 Å². The number of aliphatic hydroxyl groups excluding tert-OH is 1. The van der Waals surface area contributed by atoms with Gasteiger partial charge >= 0.3 is 11.9 Å². The Morgan fingerprint density at radius 3 is 2.26 bits per heavy atom. The lowest BCUT2D eigenvalue weighted by atomic mass is 10.1. The number of unbranched alkanes of at least 4 members (excludes halogenated alkanes) is 6. The molecule has 194 valence electrons. The minimum Gasteiger partial charge on any atom is -0.469 e. The van der Waals surface area contributed by atoms with E-state index in [9.17, 15) is 14.7 Å². The normalized spacial score (nSPS) is 13.9. The number of methoxy groups -OCH3 is 2. The summed E-state index contributed by atoms with van der Waals surface area (Å²) in [5.41, 5.74) is 0. The monoisotopic (exact) mass is 494 g/mol. The van der Waals surface area contributed by atoms with Crippen LogP contribution in [0.25, 0.3) is 0 Å². The maximum atomic E-state index is 11.3. The SMILES string of the molecule is CCCCCCCC\C=C/C=C/C=C/[C@H](SCC/C=C/CC(=O)OC)[C@H](O)CCCC(=O)OC. The second-order valence-corrected chi connectivity index (χ2v) is 9.45. The molecule has 34 heavy (non-hydrogen) atoms. The predicted molar refractivity (Wildman–Crippen MR) is 144 cm³/mol. The number of esters is 2. The third kappa shape index (κ3) is 20.8. The summed E-state index contributed by atoms with van der Waals surface area (Å²) in [6, 6.07) is 0. The smallest absolute Gasteiger partial charge is 0.309 e. The Kier molecular flexibility index (Phi) is 23.1. The van der Waals surface area contributed by atoms with Gasteiger partial charge in [-0.1, -0.05) is 87.6 Å². The van der Waals surface area contributed by atoms with Gasteiger partial charge in [-0.05, 0) is 37.9 Å². The van der Waals surface area contributed by atoms with Gasteiger partial charge in [-0.15, -0.1) is 0 Å². The van der Waals surface area contributed by atoms with Gasteiger partial charge in [-0.2, -0.15) is 11.8 Å². The molecule has 0 aliphatic heterocycles. The van der Waals surface area contributed by atoms with Gasteiger partial charge in [0.2, 0.25) is 0 Å². The maximum absolute atomic E-state index is 11.3. The quantitative estimate of drug-likeness (QED) is 0.0826. The molecule has 1 N–H and O–H groups in total. The third-order valence-electron chi connectivity index (χ3n) is 5.26. The molecule has 0 bridgehead atoms. The Labute approximate surface area is 211 Å². The second kappa shape index (κ2) is 24.3. The third-order valence-corrected chi connectivity index (χ3v) is 6.58. The van der Waals surface area contributed by atoms with Gasteiger partial charge in [0, 0.05) is 11.7 Å². The molecule has 0 unspecified atom stereocenters. The summed E-state index contributed by atoms with van der Waals surface area (Å²) in [7, 11) is 2.76. The van der Waals surface area contributed by atoms with E-state index in [0.717, 1.165) is 18.6 Å². The maximum Gasteiger partial charge on any atom is 0.309 e. The van der Waals surface area contributed by atoms with Gasteiger partial charge in [0.25, 0.3) is 0 Å². The topological polar surface area (TPSA) is 72.8 Å². The zero-order valence-electron chi connectivity index (χ0n) is 21.5. The zero-order valence-corrected chi connectivity index (χ0v) is 22.3. The van der Waals surface area contributed by atoms with E-state index in [2.05, 4.69) is 28.5 Å². The van der Waals surface area contributed by atoms with Crippen LogP contribution in [0, 0.1) is 0 Å². The summed E-state index contributed by atoms with van der Waals surface area (Å²) in [4.78, 5) is 22.5. The number of carbonyl (C=O) groups excluding carboxylic acids is 2. The number of rotatable bonds is 21. The molecule has 0 aliphatic rings. The van der Waals surface area contributed by atoms with Crippen LogP contribution in [-0.4, -0.2) is 48.4 Å². The molecular weight excluding hydrogens is 448 g/mol. The molecule has 0 aromatic heterocycles. The molecule has 2 atom stereocenters. The van der Waals surface area contributed by atoms with Gasteiger partial charge in [-0.3, -0.25) is 9.59 Å². The largest absolute Gasteiger partial charge is 0.469 e. The fourth-order valence-electron chi connectivity index (χ4n) is 3.19. The summed E-state index contributed by atoms with van der Waals surface area (Å²) < 4.78 is 9.29. The van der Waals surface area contributed by atoms with E-state index in [1.54, 1.807) is 11.8 Å². The average molecular weight is 495 g/mol. The zero-order chi connectivity index (χ0) is 25.3. The van der Waals surface area contributed by atoms with Crippen molar-refractivity contribution in [2.75, 3.05) is 20.0 Å². The summed E-state index contributed by atoms with van der Waals surface area (Å²) in [6.07, 6.45) is 27.0. The van der Waals surface area contributed by atoms with Gasteiger partial charge in [0.05, 0.1) is 26.7 Å². The van der Waals surface area contributed by atoms with Crippen LogP contribution in [0.4, 0.5) is 0 Å². The van der Waals surface area contributed by atoms with Crippen molar-refractivity contribution < 1.29 is 24.2 Å². The lowest BCUT2D eigenvalue weighted by Gasteiger charge is -2.19. The molecule has 6 heteroatoms. The van der Waals surface area contributed by atoms with Crippen LogP contribution in [0.2, 0.25) is 0 Å². The summed E-state index contributed by atoms with van der Waals surface area (Å²) in [5, 5.41) is 10.6. The number of allylic oxidation sites excluding steroid dienone is 6. The molecule has 0 fully saturated rings. The molecule has 0 heterocycles. The Morgan fingerprint density at radius 1 is 0.824 bits per heavy atom. The lowest BCUT2D eigenvalue weighted by molar-refractivity contribution is -0.141. The molecule has 5 nitrogen and oxygen atoms in total. The molecule has 0 aromatic carbocycles. The van der Waals surface area contributed by atoms with Crippen LogP contribution in [0.3, 0.4) is 0 Å². The van der Waals surface area contributed by atoms with Gasteiger partial charge in [0.1, 0.15) is 0 Å². The molecule has 0 aromatic rings. The molecule has 0 rings (SSSR count). The highest BCUT2D eigenvalue weighted by molar-refractivity contribution is 8.00. The standard InChI is InChI=1S/C28H46O5S/c1-4-5-6-7-8-9-10-11-12-13-14-16-21-26(25(29)20-19-23-28(31)33-3)34-24-18-15-17-22-27(30)32-2/h11-17,21,25-26,29H,4-10,18-20,22-24H2,1-3H3/b12-11-,14-13+,17-15+,21-16+/t25-,26+/m1/s1. The van der Waals surface area contributed by atoms with E-state index >= 15 is 0 Å². The van der Waals surface area contributed by atoms with Gasteiger partial charge in [-0.25, -0.2) is 0 Å². The van der Waals surface area contributed by atoms with Crippen molar-refractivity contribution in [3.8, 4) is 0 Å². The number of thioether (sulfide) groups is 1. The van der Waals surface area contributed by atoms with Crippen molar-refractivity contribution >= 4 is 23.7 Å². The highest BCUT2D eigenvalue weighted by Crippen LogP contribution is 2.21. The van der Waals surface area contributed by atoms with Crippen molar-refractivity contribution in [3.63, 3.8) is 0 Å². The van der Waals surface area contributed by atoms with E-state index in [0.29, 0.717) is 19.3 Å². The first-order chi connectivity index (χ1) is 16.5. The van der Waals surface area contributed by atoms with Crippen molar-refractivity contribution in [1.29, 1.82) is 0 Å². The molecular formula is C28H46O5S. The average Bonchev–Trinajstić information content (AvgIpc) is 2.84. The molecule has 0 radical (unpaired) electrons. The Morgan fingerprint density at radius 2 is 1.53 bits per heavy atom. The first-order valence-corrected chi connectivity index (χ1v) is 13.7. The highest BCUT2D eigenvalue weighted by Gasteiger charge is 2.17. The van der Waals surface area contributed by atoms with Gasteiger partial charge < -0.3 is 14.6 Å². The molecule has 0 aliphatic carbocycles. The Bertz CT molecular complexity index is 624. The molecule has 0 amide bonds. The second-order valence-electron chi connectivity index (χ2n) is 8.17. The summed E-state index contributed by atoms with van der Waals surface area (Å²) in [5.74, 6) is 0.319. The van der Waals surface area contributed by atoms with E-state index in [4.69, 9.17) is 0 Å². The van der Waals surface area contributed by atoms with Crippen LogP contribution < -0.4 is 0 Å². The van der Waals surface area contributed by atoms with E-state index < -0.39 is 6.10 Å². The van der Waals surface area contributed by atoms with Crippen molar-refractivity contribution in [1.82, 2.24) is 0 Å². The lowest BCUT2D eigenvalue weighted by Crippen LogP contribution is -2.22. The van der Waals surface area contributed by atoms with E-state index in [-0.39, 0.29) is 23.6 Å². The minimum absolute atomic E-state index is 0.0663. The van der Waals surface area contributed by atoms with E-state index in [1.165, 1.54) is 52.7 Å². The number of ether oxygens (including phenoxy) is 2. The van der Waals surface area contributed by atoms with Crippen molar-refractivity contribution in [2.45, 2.75) is 95.3 Å². The molecule has 0 spiro atoms. The van der Waals surface area contributed by atoms with Gasteiger partial charge in [0.15, 0.2) is 0 Å². The number of aliphatic hydroxyl groups is 1. The Hall–Kier alpha value is -1.79. The Balaban J connectivity index is 4.47. The van der Waals surface area contributed by atoms with Crippen LogP contribution in [0.1, 0.15) is 84.0 Å². The molecule has 0 saturated carbocycles. The summed E-state index contributed by atoms with van der Waals surface area (Å²) >= 11 is 1.67.